The Balaban J connectivity index is 0.00000200. The molecular weight excluding hydrogens is 292 g/mol. The number of aliphatic hydroxyl groups is 1. The minimum absolute atomic E-state index is 0. The van der Waals surface area contributed by atoms with Gasteiger partial charge in [0.05, 0.1) is 12.1 Å². The first-order valence-corrected chi connectivity index (χ1v) is 6.26. The summed E-state index contributed by atoms with van der Waals surface area (Å²) in [5.41, 5.74) is 6.45. The summed E-state index contributed by atoms with van der Waals surface area (Å²) in [4.78, 5) is 0. The van der Waals surface area contributed by atoms with Crippen LogP contribution in [0, 0.1) is 0 Å². The molecule has 0 spiro atoms. The second-order valence-corrected chi connectivity index (χ2v) is 4.61. The Kier molecular flexibility index (Phi) is 5.56. The fraction of sp³-hybridized carbons (Fsp3) is 0.538. The van der Waals surface area contributed by atoms with Crippen LogP contribution in [0.4, 0.5) is 8.78 Å². The molecule has 0 saturated heterocycles. The van der Waals surface area contributed by atoms with Crippen LogP contribution in [0.2, 0.25) is 0 Å². The van der Waals surface area contributed by atoms with Gasteiger partial charge in [-0.05, 0) is 24.1 Å². The molecule has 2 rings (SSSR count). The third-order valence-corrected chi connectivity index (χ3v) is 3.08. The normalized spacial score (nSPS) is 18.2. The van der Waals surface area contributed by atoms with Crippen molar-refractivity contribution in [2.24, 2.45) is 5.73 Å². The van der Waals surface area contributed by atoms with E-state index in [9.17, 15) is 13.9 Å². The molecule has 1 heterocycles. The van der Waals surface area contributed by atoms with Crippen LogP contribution in [0.25, 0.3) is 0 Å². The number of aliphatic hydroxyl groups excluding tert-OH is 1. The molecule has 1 aliphatic heterocycles. The molecule has 0 aromatic heterocycles. The molecule has 0 aliphatic carbocycles. The van der Waals surface area contributed by atoms with Gasteiger partial charge in [0.1, 0.15) is 0 Å². The zero-order chi connectivity index (χ0) is 14.0. The van der Waals surface area contributed by atoms with E-state index >= 15 is 0 Å². The van der Waals surface area contributed by atoms with Crippen LogP contribution in [-0.4, -0.2) is 17.5 Å². The van der Waals surface area contributed by atoms with Crippen molar-refractivity contribution >= 4 is 12.4 Å². The second-order valence-electron chi connectivity index (χ2n) is 4.61. The number of unbranched alkanes of at least 4 members (excludes halogenated alkanes) is 1. The average Bonchev–Trinajstić information content (AvgIpc) is 2.67. The van der Waals surface area contributed by atoms with Crippen molar-refractivity contribution in [2.45, 2.75) is 44.6 Å². The monoisotopic (exact) mass is 309 g/mol. The van der Waals surface area contributed by atoms with E-state index in [0.29, 0.717) is 12.0 Å². The van der Waals surface area contributed by atoms with Gasteiger partial charge in [-0.2, -0.15) is 0 Å². The van der Waals surface area contributed by atoms with Gasteiger partial charge in [-0.1, -0.05) is 25.8 Å². The van der Waals surface area contributed by atoms with Gasteiger partial charge in [0.15, 0.2) is 11.5 Å². The van der Waals surface area contributed by atoms with Crippen molar-refractivity contribution in [1.29, 1.82) is 0 Å². The predicted octanol–water partition coefficient (Wildman–Crippen LogP) is 2.98. The molecule has 0 fully saturated rings. The number of ether oxygens (including phenoxy) is 2. The fourth-order valence-corrected chi connectivity index (χ4v) is 1.99. The molecule has 114 valence electrons. The van der Waals surface area contributed by atoms with Crippen molar-refractivity contribution < 1.29 is 23.4 Å². The first kappa shape index (κ1) is 16.9. The Bertz CT molecular complexity index is 459. The summed E-state index contributed by atoms with van der Waals surface area (Å²) < 4.78 is 34.4. The minimum Gasteiger partial charge on any atom is -0.395 e. The van der Waals surface area contributed by atoms with E-state index in [1.807, 2.05) is 6.92 Å². The number of hydrogen-bond acceptors (Lipinski definition) is 4. The number of rotatable bonds is 5. The largest absolute Gasteiger partial charge is 0.586 e. The van der Waals surface area contributed by atoms with E-state index in [-0.39, 0.29) is 23.9 Å². The van der Waals surface area contributed by atoms with Crippen molar-refractivity contribution in [1.82, 2.24) is 0 Å². The number of hydrogen-bond donors (Lipinski definition) is 2. The lowest BCUT2D eigenvalue weighted by atomic mass is 9.98. The number of halogens is 3. The highest BCUT2D eigenvalue weighted by molar-refractivity contribution is 5.85. The van der Waals surface area contributed by atoms with E-state index in [1.54, 1.807) is 6.07 Å². The Hall–Kier alpha value is -1.11. The van der Waals surface area contributed by atoms with Gasteiger partial charge in [0.2, 0.25) is 0 Å². The van der Waals surface area contributed by atoms with Crippen molar-refractivity contribution in [3.8, 4) is 11.5 Å². The second kappa shape index (κ2) is 6.56. The molecule has 20 heavy (non-hydrogen) atoms. The third kappa shape index (κ3) is 3.71. The maximum Gasteiger partial charge on any atom is 0.586 e. The summed E-state index contributed by atoms with van der Waals surface area (Å²) >= 11 is 0. The number of benzene rings is 1. The lowest BCUT2D eigenvalue weighted by molar-refractivity contribution is -0.286. The van der Waals surface area contributed by atoms with Crippen molar-refractivity contribution in [3.63, 3.8) is 0 Å². The minimum atomic E-state index is -3.63. The van der Waals surface area contributed by atoms with Crippen LogP contribution < -0.4 is 15.2 Å². The first-order valence-electron chi connectivity index (χ1n) is 6.26. The van der Waals surface area contributed by atoms with Crippen molar-refractivity contribution in [2.75, 3.05) is 0 Å². The zero-order valence-corrected chi connectivity index (χ0v) is 11.8. The van der Waals surface area contributed by atoms with E-state index < -0.39 is 18.4 Å². The highest BCUT2D eigenvalue weighted by Gasteiger charge is 2.43. The van der Waals surface area contributed by atoms with E-state index in [2.05, 4.69) is 9.47 Å². The molecule has 1 aromatic carbocycles. The van der Waals surface area contributed by atoms with Crippen LogP contribution in [0.1, 0.15) is 37.8 Å². The van der Waals surface area contributed by atoms with E-state index in [0.717, 1.165) is 12.8 Å². The van der Waals surface area contributed by atoms with Gasteiger partial charge in [-0.3, -0.25) is 0 Å². The van der Waals surface area contributed by atoms with Crippen LogP contribution in [0.15, 0.2) is 18.2 Å². The molecular formula is C13H18ClF2NO3. The summed E-state index contributed by atoms with van der Waals surface area (Å²) in [5, 5.41) is 9.91. The van der Waals surface area contributed by atoms with E-state index in [1.165, 1.54) is 12.1 Å². The van der Waals surface area contributed by atoms with Crippen LogP contribution in [-0.2, 0) is 0 Å². The summed E-state index contributed by atoms with van der Waals surface area (Å²) in [7, 11) is 0. The van der Waals surface area contributed by atoms with E-state index in [4.69, 9.17) is 5.73 Å². The summed E-state index contributed by atoms with van der Waals surface area (Å²) in [6.07, 6.45) is -1.95. The van der Waals surface area contributed by atoms with Gasteiger partial charge in [0.25, 0.3) is 0 Å². The Morgan fingerprint density at radius 1 is 1.30 bits per heavy atom. The first-order chi connectivity index (χ1) is 8.93. The molecule has 4 nitrogen and oxygen atoms in total. The summed E-state index contributed by atoms with van der Waals surface area (Å²) in [5.74, 6) is -0.0790. The summed E-state index contributed by atoms with van der Waals surface area (Å²) in [6.45, 7) is 2.01. The maximum absolute atomic E-state index is 12.9. The molecule has 0 radical (unpaired) electrons. The Labute approximate surface area is 122 Å². The number of alkyl halides is 2. The van der Waals surface area contributed by atoms with Crippen molar-refractivity contribution in [3.05, 3.63) is 23.8 Å². The third-order valence-electron chi connectivity index (χ3n) is 3.08. The quantitative estimate of drug-likeness (QED) is 0.877. The lowest BCUT2D eigenvalue weighted by Gasteiger charge is -2.19. The maximum atomic E-state index is 12.9. The number of nitrogens with two attached hydrogens (primary N) is 1. The predicted molar refractivity (Wildman–Crippen MR) is 72.4 cm³/mol. The Morgan fingerprint density at radius 2 is 1.95 bits per heavy atom. The van der Waals surface area contributed by atoms with Crippen LogP contribution in [0.3, 0.4) is 0 Å². The van der Waals surface area contributed by atoms with Gasteiger partial charge >= 0.3 is 6.29 Å². The molecule has 3 N–H and O–H groups in total. The number of fused-ring (bicyclic) bond motifs is 1. The van der Waals surface area contributed by atoms with Gasteiger partial charge in [-0.25, -0.2) is 0 Å². The fourth-order valence-electron chi connectivity index (χ4n) is 1.99. The molecule has 7 heteroatoms. The molecule has 2 atom stereocenters. The molecule has 1 aliphatic rings. The zero-order valence-electron chi connectivity index (χ0n) is 11.0. The van der Waals surface area contributed by atoms with Crippen LogP contribution >= 0.6 is 12.4 Å². The van der Waals surface area contributed by atoms with Crippen LogP contribution in [0.5, 0.6) is 11.5 Å². The Morgan fingerprint density at radius 3 is 2.60 bits per heavy atom. The standard InChI is InChI=1S/C13H17F2NO3.ClH/c1-2-3-4-9(17)12(16)8-5-6-10-11(7-8)19-13(14,15)18-10;/h5-7,9,12,17H,2-4,16H2,1H3;1H/t9-,12+;/m1./s1. The highest BCUT2D eigenvalue weighted by atomic mass is 35.5. The molecule has 0 saturated carbocycles. The molecule has 0 amide bonds. The SMILES string of the molecule is CCCC[C@@H](O)[C@@H](N)c1ccc2c(c1)OC(F)(F)O2.Cl. The molecule has 0 bridgehead atoms. The smallest absolute Gasteiger partial charge is 0.395 e. The summed E-state index contributed by atoms with van der Waals surface area (Å²) in [6, 6.07) is 3.69. The lowest BCUT2D eigenvalue weighted by Crippen LogP contribution is -2.26. The molecule has 1 aromatic rings. The average molecular weight is 310 g/mol. The van der Waals surface area contributed by atoms with Gasteiger partial charge in [-0.15, -0.1) is 21.2 Å². The topological polar surface area (TPSA) is 64.7 Å². The van der Waals surface area contributed by atoms with Gasteiger partial charge in [0, 0.05) is 0 Å². The van der Waals surface area contributed by atoms with Gasteiger partial charge < -0.3 is 20.3 Å². The molecule has 0 unspecified atom stereocenters. The highest BCUT2D eigenvalue weighted by Crippen LogP contribution is 2.42.